The van der Waals surface area contributed by atoms with E-state index in [-0.39, 0.29) is 0 Å². The number of aryl methyl sites for hydroxylation is 1. The van der Waals surface area contributed by atoms with Gasteiger partial charge >= 0.3 is 0 Å². The molecule has 0 aliphatic heterocycles. The molecule has 0 amide bonds. The van der Waals surface area contributed by atoms with Crippen LogP contribution in [0.3, 0.4) is 0 Å². The average molecular weight is 209 g/mol. The fraction of sp³-hybridized carbons (Fsp3) is 0.500. The van der Waals surface area contributed by atoms with E-state index in [4.69, 9.17) is 9.47 Å². The van der Waals surface area contributed by atoms with Crippen LogP contribution in [0.4, 0.5) is 0 Å². The minimum Gasteiger partial charge on any atom is -0.493 e. The van der Waals surface area contributed by atoms with Gasteiger partial charge in [0.25, 0.3) is 0 Å². The molecule has 0 aromatic heterocycles. The Hall–Kier alpha value is -1.22. The zero-order valence-corrected chi connectivity index (χ0v) is 9.89. The molecule has 0 saturated carbocycles. The molecule has 0 aliphatic carbocycles. The number of rotatable bonds is 5. The maximum atomic E-state index is 5.39. The van der Waals surface area contributed by atoms with Crippen LogP contribution in [0, 0.1) is 6.92 Å². The van der Waals surface area contributed by atoms with Gasteiger partial charge in [0.15, 0.2) is 11.5 Å². The summed E-state index contributed by atoms with van der Waals surface area (Å²) in [5, 5.41) is 3.14. The lowest BCUT2D eigenvalue weighted by atomic mass is 10.0. The summed E-state index contributed by atoms with van der Waals surface area (Å²) in [5.74, 6) is 1.65. The van der Waals surface area contributed by atoms with E-state index >= 15 is 0 Å². The van der Waals surface area contributed by atoms with Crippen LogP contribution in [0.25, 0.3) is 0 Å². The molecule has 0 unspecified atom stereocenters. The van der Waals surface area contributed by atoms with E-state index in [1.165, 1.54) is 11.1 Å². The van der Waals surface area contributed by atoms with Gasteiger partial charge in [0.1, 0.15) is 0 Å². The molecule has 0 spiro atoms. The van der Waals surface area contributed by atoms with Gasteiger partial charge in [-0.3, -0.25) is 0 Å². The zero-order valence-electron chi connectivity index (χ0n) is 9.89. The van der Waals surface area contributed by atoms with Crippen molar-refractivity contribution in [2.24, 2.45) is 0 Å². The highest BCUT2D eigenvalue weighted by Gasteiger charge is 2.11. The molecule has 1 aromatic carbocycles. The molecule has 3 nitrogen and oxygen atoms in total. The van der Waals surface area contributed by atoms with E-state index in [9.17, 15) is 0 Å². The topological polar surface area (TPSA) is 30.5 Å². The standard InChI is InChI=1S/C12H19NO2/c1-9-5-6-11(14-3)12(15-4)10(9)7-8-13-2/h5-6,13H,7-8H2,1-4H3. The molecule has 15 heavy (non-hydrogen) atoms. The summed E-state index contributed by atoms with van der Waals surface area (Å²) in [5.41, 5.74) is 2.45. The highest BCUT2D eigenvalue weighted by molar-refractivity contribution is 5.50. The first kappa shape index (κ1) is 11.9. The van der Waals surface area contributed by atoms with Crippen molar-refractivity contribution in [2.75, 3.05) is 27.8 Å². The molecular formula is C12H19NO2. The summed E-state index contributed by atoms with van der Waals surface area (Å²) in [6.45, 7) is 3.03. The van der Waals surface area contributed by atoms with Crippen molar-refractivity contribution in [3.05, 3.63) is 23.3 Å². The Morgan fingerprint density at radius 1 is 1.20 bits per heavy atom. The van der Waals surface area contributed by atoms with Gasteiger partial charge in [0, 0.05) is 5.56 Å². The Labute approximate surface area is 91.4 Å². The summed E-state index contributed by atoms with van der Waals surface area (Å²) in [4.78, 5) is 0. The number of hydrogen-bond acceptors (Lipinski definition) is 3. The van der Waals surface area contributed by atoms with E-state index in [0.29, 0.717) is 0 Å². The first-order valence-corrected chi connectivity index (χ1v) is 5.09. The van der Waals surface area contributed by atoms with Gasteiger partial charge < -0.3 is 14.8 Å². The average Bonchev–Trinajstić information content (AvgIpc) is 2.27. The maximum Gasteiger partial charge on any atom is 0.164 e. The van der Waals surface area contributed by atoms with Crippen LogP contribution in [-0.4, -0.2) is 27.8 Å². The fourth-order valence-corrected chi connectivity index (χ4v) is 1.65. The van der Waals surface area contributed by atoms with Gasteiger partial charge in [-0.15, -0.1) is 0 Å². The Kier molecular flexibility index (Phi) is 4.43. The zero-order chi connectivity index (χ0) is 11.3. The minimum atomic E-state index is 0.800. The molecule has 0 fully saturated rings. The van der Waals surface area contributed by atoms with Crippen molar-refractivity contribution in [1.29, 1.82) is 0 Å². The molecule has 0 radical (unpaired) electrons. The van der Waals surface area contributed by atoms with Crippen molar-refractivity contribution in [2.45, 2.75) is 13.3 Å². The van der Waals surface area contributed by atoms with Gasteiger partial charge in [0.05, 0.1) is 14.2 Å². The molecular weight excluding hydrogens is 190 g/mol. The van der Waals surface area contributed by atoms with E-state index < -0.39 is 0 Å². The summed E-state index contributed by atoms with van der Waals surface area (Å²) >= 11 is 0. The molecule has 0 saturated heterocycles. The van der Waals surface area contributed by atoms with Crippen LogP contribution in [0.1, 0.15) is 11.1 Å². The second-order valence-electron chi connectivity index (χ2n) is 3.45. The van der Waals surface area contributed by atoms with Crippen molar-refractivity contribution in [3.63, 3.8) is 0 Å². The van der Waals surface area contributed by atoms with E-state index in [0.717, 1.165) is 24.5 Å². The minimum absolute atomic E-state index is 0.800. The third-order valence-electron chi connectivity index (χ3n) is 2.51. The van der Waals surface area contributed by atoms with Gasteiger partial charge in [0.2, 0.25) is 0 Å². The van der Waals surface area contributed by atoms with Crippen molar-refractivity contribution >= 4 is 0 Å². The van der Waals surface area contributed by atoms with E-state index in [2.05, 4.69) is 18.3 Å². The fourth-order valence-electron chi connectivity index (χ4n) is 1.65. The molecule has 3 heteroatoms. The molecule has 0 heterocycles. The largest absolute Gasteiger partial charge is 0.493 e. The second-order valence-corrected chi connectivity index (χ2v) is 3.45. The van der Waals surface area contributed by atoms with Crippen LogP contribution >= 0.6 is 0 Å². The van der Waals surface area contributed by atoms with Crippen molar-refractivity contribution < 1.29 is 9.47 Å². The molecule has 84 valence electrons. The predicted molar refractivity (Wildman–Crippen MR) is 61.9 cm³/mol. The van der Waals surface area contributed by atoms with Gasteiger partial charge in [-0.25, -0.2) is 0 Å². The molecule has 1 aromatic rings. The lowest BCUT2D eigenvalue weighted by Gasteiger charge is -2.14. The van der Waals surface area contributed by atoms with Crippen LogP contribution < -0.4 is 14.8 Å². The van der Waals surface area contributed by atoms with Gasteiger partial charge in [-0.05, 0) is 38.6 Å². The summed E-state index contributed by atoms with van der Waals surface area (Å²) in [6.07, 6.45) is 0.947. The van der Waals surface area contributed by atoms with E-state index in [1.807, 2.05) is 13.1 Å². The quantitative estimate of drug-likeness (QED) is 0.801. The third-order valence-corrected chi connectivity index (χ3v) is 2.51. The molecule has 0 bridgehead atoms. The van der Waals surface area contributed by atoms with E-state index in [1.54, 1.807) is 14.2 Å². The highest BCUT2D eigenvalue weighted by Crippen LogP contribution is 2.33. The Bertz CT molecular complexity index is 324. The lowest BCUT2D eigenvalue weighted by molar-refractivity contribution is 0.351. The first-order chi connectivity index (χ1) is 7.24. The number of methoxy groups -OCH3 is 2. The Balaban J connectivity index is 3.07. The summed E-state index contributed by atoms with van der Waals surface area (Å²) in [6, 6.07) is 4.00. The van der Waals surface area contributed by atoms with Crippen LogP contribution in [0.15, 0.2) is 12.1 Å². The number of benzene rings is 1. The normalized spacial score (nSPS) is 10.1. The summed E-state index contributed by atoms with van der Waals surface area (Å²) < 4.78 is 10.7. The van der Waals surface area contributed by atoms with Crippen LogP contribution in [0.5, 0.6) is 11.5 Å². The first-order valence-electron chi connectivity index (χ1n) is 5.09. The maximum absolute atomic E-state index is 5.39. The SMILES string of the molecule is CNCCc1c(C)ccc(OC)c1OC. The molecule has 1 rings (SSSR count). The molecule has 1 N–H and O–H groups in total. The van der Waals surface area contributed by atoms with Gasteiger partial charge in [-0.1, -0.05) is 6.07 Å². The Morgan fingerprint density at radius 2 is 1.93 bits per heavy atom. The Morgan fingerprint density at radius 3 is 2.47 bits per heavy atom. The van der Waals surface area contributed by atoms with Crippen LogP contribution in [-0.2, 0) is 6.42 Å². The smallest absolute Gasteiger partial charge is 0.164 e. The second kappa shape index (κ2) is 5.61. The predicted octanol–water partition coefficient (Wildman–Crippen LogP) is 1.77. The lowest BCUT2D eigenvalue weighted by Crippen LogP contribution is -2.12. The molecule has 0 aliphatic rings. The number of likely N-dealkylation sites (N-methyl/N-ethyl adjacent to an activating group) is 1. The van der Waals surface area contributed by atoms with Crippen molar-refractivity contribution in [1.82, 2.24) is 5.32 Å². The monoisotopic (exact) mass is 209 g/mol. The highest BCUT2D eigenvalue weighted by atomic mass is 16.5. The third kappa shape index (κ3) is 2.63. The van der Waals surface area contributed by atoms with Crippen LogP contribution in [0.2, 0.25) is 0 Å². The number of nitrogens with one attached hydrogen (secondary N) is 1. The number of hydrogen-bond donors (Lipinski definition) is 1. The summed E-state index contributed by atoms with van der Waals surface area (Å²) in [7, 11) is 5.29. The van der Waals surface area contributed by atoms with Crippen molar-refractivity contribution in [3.8, 4) is 11.5 Å². The van der Waals surface area contributed by atoms with Gasteiger partial charge in [-0.2, -0.15) is 0 Å². The number of ether oxygens (including phenoxy) is 2. The molecule has 0 atom stereocenters.